The van der Waals surface area contributed by atoms with Gasteiger partial charge in [-0.3, -0.25) is 0 Å². The lowest BCUT2D eigenvalue weighted by Gasteiger charge is -2.30. The highest BCUT2D eigenvalue weighted by molar-refractivity contribution is 4.78. The Bertz CT molecular complexity index is 174. The van der Waals surface area contributed by atoms with E-state index in [-0.39, 0.29) is 6.10 Å². The van der Waals surface area contributed by atoms with Crippen LogP contribution in [0.25, 0.3) is 0 Å². The Morgan fingerprint density at radius 1 is 1.19 bits per heavy atom. The minimum Gasteiger partial charge on any atom is -0.393 e. The fourth-order valence-corrected chi connectivity index (χ4v) is 2.75. The van der Waals surface area contributed by atoms with Gasteiger partial charge in [0.25, 0.3) is 0 Å². The van der Waals surface area contributed by atoms with Gasteiger partial charge in [-0.15, -0.1) is 0 Å². The molecule has 0 radical (unpaired) electrons. The zero-order valence-corrected chi connectivity index (χ0v) is 11.3. The third-order valence-electron chi connectivity index (χ3n) is 3.51. The molecule has 2 nitrogen and oxygen atoms in total. The van der Waals surface area contributed by atoms with Crippen LogP contribution in [0.3, 0.4) is 0 Å². The lowest BCUT2D eigenvalue weighted by molar-refractivity contribution is 0.146. The number of hydrogen-bond acceptors (Lipinski definition) is 2. The van der Waals surface area contributed by atoms with Crippen LogP contribution in [0.1, 0.15) is 59.3 Å². The fraction of sp³-hybridized carbons (Fsp3) is 1.00. The molecule has 0 aromatic rings. The Balaban J connectivity index is 2.31. The molecule has 1 N–H and O–H groups in total. The molecule has 0 aromatic heterocycles. The van der Waals surface area contributed by atoms with E-state index in [1.807, 2.05) is 6.92 Å². The standard InChI is InChI=1S/C14H29NO/c1-12(2)11-15(10-6-7-13(3)16)14-8-4-5-9-14/h12-14,16H,4-11H2,1-3H3. The number of aliphatic hydroxyl groups excluding tert-OH is 1. The molecular formula is C14H29NO. The zero-order valence-electron chi connectivity index (χ0n) is 11.3. The van der Waals surface area contributed by atoms with Gasteiger partial charge in [-0.05, 0) is 45.1 Å². The van der Waals surface area contributed by atoms with Crippen molar-refractivity contribution < 1.29 is 5.11 Å². The van der Waals surface area contributed by atoms with Crippen molar-refractivity contribution in [3.8, 4) is 0 Å². The van der Waals surface area contributed by atoms with Gasteiger partial charge in [-0.25, -0.2) is 0 Å². The van der Waals surface area contributed by atoms with Crippen molar-refractivity contribution in [3.63, 3.8) is 0 Å². The highest BCUT2D eigenvalue weighted by Crippen LogP contribution is 2.24. The molecule has 1 fully saturated rings. The molecule has 0 saturated heterocycles. The normalized spacial score (nSPS) is 19.9. The predicted octanol–water partition coefficient (Wildman–Crippen LogP) is 3.05. The Morgan fingerprint density at radius 3 is 2.31 bits per heavy atom. The second-order valence-corrected chi connectivity index (χ2v) is 5.82. The van der Waals surface area contributed by atoms with Crippen molar-refractivity contribution in [3.05, 3.63) is 0 Å². The van der Waals surface area contributed by atoms with Crippen LogP contribution in [-0.2, 0) is 0 Å². The van der Waals surface area contributed by atoms with Gasteiger partial charge >= 0.3 is 0 Å². The highest BCUT2D eigenvalue weighted by atomic mass is 16.3. The minimum absolute atomic E-state index is 0.135. The molecule has 0 aromatic carbocycles. The number of nitrogens with zero attached hydrogens (tertiary/aromatic N) is 1. The first-order chi connectivity index (χ1) is 7.59. The van der Waals surface area contributed by atoms with Crippen molar-refractivity contribution in [1.82, 2.24) is 4.90 Å². The second-order valence-electron chi connectivity index (χ2n) is 5.82. The summed E-state index contributed by atoms with van der Waals surface area (Å²) >= 11 is 0. The second kappa shape index (κ2) is 7.29. The van der Waals surface area contributed by atoms with Crippen LogP contribution in [0.5, 0.6) is 0 Å². The van der Waals surface area contributed by atoms with E-state index in [9.17, 15) is 5.11 Å². The summed E-state index contributed by atoms with van der Waals surface area (Å²) < 4.78 is 0. The average molecular weight is 227 g/mol. The molecule has 1 aliphatic rings. The Kier molecular flexibility index (Phi) is 6.37. The van der Waals surface area contributed by atoms with Crippen molar-refractivity contribution in [2.75, 3.05) is 13.1 Å². The van der Waals surface area contributed by atoms with E-state index in [1.165, 1.54) is 38.8 Å². The summed E-state index contributed by atoms with van der Waals surface area (Å²) in [5, 5.41) is 9.29. The topological polar surface area (TPSA) is 23.5 Å². The van der Waals surface area contributed by atoms with Gasteiger partial charge in [0.05, 0.1) is 6.10 Å². The molecule has 1 rings (SSSR count). The fourth-order valence-electron chi connectivity index (χ4n) is 2.75. The van der Waals surface area contributed by atoms with Crippen LogP contribution in [0.4, 0.5) is 0 Å². The third-order valence-corrected chi connectivity index (χ3v) is 3.51. The highest BCUT2D eigenvalue weighted by Gasteiger charge is 2.22. The van der Waals surface area contributed by atoms with Crippen molar-refractivity contribution in [1.29, 1.82) is 0 Å². The van der Waals surface area contributed by atoms with E-state index in [0.717, 1.165) is 24.8 Å². The van der Waals surface area contributed by atoms with Gasteiger partial charge in [-0.1, -0.05) is 26.7 Å². The molecule has 96 valence electrons. The molecule has 1 aliphatic carbocycles. The first-order valence-corrected chi connectivity index (χ1v) is 7.01. The third kappa shape index (κ3) is 5.31. The number of rotatable bonds is 7. The van der Waals surface area contributed by atoms with Crippen molar-refractivity contribution >= 4 is 0 Å². The predicted molar refractivity (Wildman–Crippen MR) is 69.6 cm³/mol. The maximum atomic E-state index is 9.29. The summed E-state index contributed by atoms with van der Waals surface area (Å²) in [6, 6.07) is 0.830. The Hall–Kier alpha value is -0.0800. The maximum Gasteiger partial charge on any atom is 0.0512 e. The summed E-state index contributed by atoms with van der Waals surface area (Å²) in [5.74, 6) is 0.757. The molecule has 0 bridgehead atoms. The summed E-state index contributed by atoms with van der Waals surface area (Å²) in [6.07, 6.45) is 7.56. The zero-order chi connectivity index (χ0) is 12.0. The maximum absolute atomic E-state index is 9.29. The molecule has 1 atom stereocenters. The lowest BCUT2D eigenvalue weighted by atomic mass is 10.1. The molecule has 0 aliphatic heterocycles. The molecule has 0 spiro atoms. The van der Waals surface area contributed by atoms with Crippen LogP contribution in [-0.4, -0.2) is 35.2 Å². The van der Waals surface area contributed by atoms with Gasteiger partial charge in [0.2, 0.25) is 0 Å². The minimum atomic E-state index is -0.135. The summed E-state index contributed by atoms with van der Waals surface area (Å²) in [4.78, 5) is 2.67. The van der Waals surface area contributed by atoms with Crippen LogP contribution < -0.4 is 0 Å². The van der Waals surface area contributed by atoms with Crippen LogP contribution in [0, 0.1) is 5.92 Å². The van der Waals surface area contributed by atoms with E-state index in [1.54, 1.807) is 0 Å². The summed E-state index contributed by atoms with van der Waals surface area (Å²) in [7, 11) is 0. The molecule has 2 heteroatoms. The molecular weight excluding hydrogens is 198 g/mol. The quantitative estimate of drug-likeness (QED) is 0.722. The lowest BCUT2D eigenvalue weighted by Crippen LogP contribution is -2.37. The van der Waals surface area contributed by atoms with E-state index >= 15 is 0 Å². The number of hydrogen-bond donors (Lipinski definition) is 1. The smallest absolute Gasteiger partial charge is 0.0512 e. The first-order valence-electron chi connectivity index (χ1n) is 7.01. The van der Waals surface area contributed by atoms with Crippen LogP contribution >= 0.6 is 0 Å². The van der Waals surface area contributed by atoms with Gasteiger partial charge in [-0.2, -0.15) is 0 Å². The Labute approximate surface area is 101 Å². The molecule has 16 heavy (non-hydrogen) atoms. The molecule has 0 heterocycles. The van der Waals surface area contributed by atoms with E-state index in [4.69, 9.17) is 0 Å². The molecule has 0 amide bonds. The molecule has 1 unspecified atom stereocenters. The van der Waals surface area contributed by atoms with Crippen molar-refractivity contribution in [2.24, 2.45) is 5.92 Å². The van der Waals surface area contributed by atoms with Gasteiger partial charge < -0.3 is 10.0 Å². The van der Waals surface area contributed by atoms with Crippen molar-refractivity contribution in [2.45, 2.75) is 71.4 Å². The Morgan fingerprint density at radius 2 is 1.81 bits per heavy atom. The average Bonchev–Trinajstić information content (AvgIpc) is 2.67. The van der Waals surface area contributed by atoms with Gasteiger partial charge in [0, 0.05) is 12.6 Å². The van der Waals surface area contributed by atoms with E-state index < -0.39 is 0 Å². The summed E-state index contributed by atoms with van der Waals surface area (Å²) in [6.45, 7) is 8.90. The van der Waals surface area contributed by atoms with E-state index in [2.05, 4.69) is 18.7 Å². The van der Waals surface area contributed by atoms with Crippen LogP contribution in [0.15, 0.2) is 0 Å². The largest absolute Gasteiger partial charge is 0.393 e. The summed E-state index contributed by atoms with van der Waals surface area (Å²) in [5.41, 5.74) is 0. The number of aliphatic hydroxyl groups is 1. The van der Waals surface area contributed by atoms with Gasteiger partial charge in [0.15, 0.2) is 0 Å². The molecule has 1 saturated carbocycles. The SMILES string of the molecule is CC(C)CN(CCCC(C)O)C1CCCC1. The van der Waals surface area contributed by atoms with Gasteiger partial charge in [0.1, 0.15) is 0 Å². The first kappa shape index (κ1) is 14.0. The monoisotopic (exact) mass is 227 g/mol. The van der Waals surface area contributed by atoms with E-state index in [0.29, 0.717) is 0 Å². The van der Waals surface area contributed by atoms with Crippen LogP contribution in [0.2, 0.25) is 0 Å².